The van der Waals surface area contributed by atoms with E-state index >= 15 is 0 Å². The van der Waals surface area contributed by atoms with E-state index in [1.54, 1.807) is 18.2 Å². The number of fused-ring (bicyclic) bond motifs is 1. The highest BCUT2D eigenvalue weighted by atomic mass is 35.5. The van der Waals surface area contributed by atoms with E-state index < -0.39 is 5.91 Å². The number of amides is 1. The lowest BCUT2D eigenvalue weighted by Crippen LogP contribution is -2.27. The molecule has 3 aromatic carbocycles. The van der Waals surface area contributed by atoms with Crippen LogP contribution in [-0.4, -0.2) is 16.2 Å². The second-order valence-electron chi connectivity index (χ2n) is 4.81. The molecule has 0 spiro atoms. The number of carbonyl (C=O) groups excluding carboxylic acids is 1. The molecule has 110 valence electrons. The molecular weight excluding hydrogens is 302 g/mol. The van der Waals surface area contributed by atoms with Crippen LogP contribution in [0.15, 0.2) is 60.7 Å². The van der Waals surface area contributed by atoms with Gasteiger partial charge < -0.3 is 5.11 Å². The van der Waals surface area contributed by atoms with Crippen LogP contribution in [0.2, 0.25) is 5.02 Å². The van der Waals surface area contributed by atoms with Gasteiger partial charge in [-0.3, -0.25) is 10.0 Å². The third-order valence-electron chi connectivity index (χ3n) is 3.35. The number of anilines is 1. The van der Waals surface area contributed by atoms with Crippen LogP contribution in [0.4, 0.5) is 5.69 Å². The molecule has 0 aromatic heterocycles. The number of phenolic OH excluding ortho intramolecular Hbond substituents is 1. The topological polar surface area (TPSA) is 60.8 Å². The van der Waals surface area contributed by atoms with E-state index in [1.807, 2.05) is 24.3 Å². The second-order valence-corrected chi connectivity index (χ2v) is 5.25. The lowest BCUT2D eigenvalue weighted by Gasteiger charge is -2.17. The first-order chi connectivity index (χ1) is 10.6. The van der Waals surface area contributed by atoms with E-state index in [0.717, 1.165) is 10.8 Å². The van der Waals surface area contributed by atoms with Crippen molar-refractivity contribution in [2.75, 3.05) is 5.06 Å². The number of hydrogen-bond donors (Lipinski definition) is 2. The highest BCUT2D eigenvalue weighted by Crippen LogP contribution is 2.32. The van der Waals surface area contributed by atoms with Crippen molar-refractivity contribution < 1.29 is 15.1 Å². The first-order valence-corrected chi connectivity index (χ1v) is 6.95. The quantitative estimate of drug-likeness (QED) is 0.549. The molecule has 0 radical (unpaired) electrons. The number of aromatic hydroxyl groups is 1. The van der Waals surface area contributed by atoms with Gasteiger partial charge in [0.1, 0.15) is 11.4 Å². The number of halogens is 1. The van der Waals surface area contributed by atoms with E-state index in [2.05, 4.69) is 0 Å². The number of nitrogens with zero attached hydrogens (tertiary/aromatic N) is 1. The van der Waals surface area contributed by atoms with Crippen LogP contribution < -0.4 is 5.06 Å². The summed E-state index contributed by atoms with van der Waals surface area (Å²) in [5, 5.41) is 22.7. The van der Waals surface area contributed by atoms with Gasteiger partial charge in [-0.25, -0.2) is 0 Å². The highest BCUT2D eigenvalue weighted by molar-refractivity contribution is 6.30. The third kappa shape index (κ3) is 2.62. The summed E-state index contributed by atoms with van der Waals surface area (Å²) in [6, 6.07) is 16.5. The Morgan fingerprint density at radius 1 is 0.955 bits per heavy atom. The van der Waals surface area contributed by atoms with Crippen LogP contribution in [0.25, 0.3) is 10.8 Å². The van der Waals surface area contributed by atoms with Gasteiger partial charge in [0.05, 0.1) is 0 Å². The zero-order chi connectivity index (χ0) is 15.7. The molecule has 2 N–H and O–H groups in total. The summed E-state index contributed by atoms with van der Waals surface area (Å²) in [4.78, 5) is 12.3. The molecule has 3 aromatic rings. The molecule has 1 amide bonds. The van der Waals surface area contributed by atoms with Crippen molar-refractivity contribution in [1.29, 1.82) is 0 Å². The van der Waals surface area contributed by atoms with E-state index in [1.165, 1.54) is 18.2 Å². The maximum Gasteiger partial charge on any atom is 0.282 e. The molecule has 3 rings (SSSR count). The number of hydrogen-bond acceptors (Lipinski definition) is 3. The number of rotatable bonds is 2. The van der Waals surface area contributed by atoms with Crippen molar-refractivity contribution >= 4 is 34.0 Å². The maximum absolute atomic E-state index is 12.3. The predicted molar refractivity (Wildman–Crippen MR) is 85.7 cm³/mol. The van der Waals surface area contributed by atoms with Crippen molar-refractivity contribution in [3.8, 4) is 5.75 Å². The van der Waals surface area contributed by atoms with Crippen molar-refractivity contribution in [3.63, 3.8) is 0 Å². The Morgan fingerprint density at radius 2 is 1.55 bits per heavy atom. The fourth-order valence-electron chi connectivity index (χ4n) is 2.21. The molecule has 0 saturated heterocycles. The van der Waals surface area contributed by atoms with E-state index in [4.69, 9.17) is 11.6 Å². The van der Waals surface area contributed by atoms with E-state index in [-0.39, 0.29) is 17.0 Å². The Bertz CT molecular complexity index is 846. The molecule has 0 unspecified atom stereocenters. The van der Waals surface area contributed by atoms with Gasteiger partial charge >= 0.3 is 0 Å². The van der Waals surface area contributed by atoms with Gasteiger partial charge in [0.15, 0.2) is 0 Å². The van der Waals surface area contributed by atoms with Crippen molar-refractivity contribution in [1.82, 2.24) is 0 Å². The fraction of sp³-hybridized carbons (Fsp3) is 0. The van der Waals surface area contributed by atoms with Crippen molar-refractivity contribution in [3.05, 3.63) is 71.2 Å². The van der Waals surface area contributed by atoms with Gasteiger partial charge in [0.25, 0.3) is 5.91 Å². The molecule has 22 heavy (non-hydrogen) atoms. The molecule has 0 heterocycles. The highest BCUT2D eigenvalue weighted by Gasteiger charge is 2.19. The smallest absolute Gasteiger partial charge is 0.282 e. The third-order valence-corrected chi connectivity index (χ3v) is 3.61. The standard InChI is InChI=1S/C17H12ClNO3/c18-14-7-5-11(6-8-14)17(21)19(22)15-9-12-3-1-2-4-13(12)10-16(15)20/h1-10,20,22H. The van der Waals surface area contributed by atoms with Crippen molar-refractivity contribution in [2.45, 2.75) is 0 Å². The van der Waals surface area contributed by atoms with Gasteiger partial charge in [-0.2, -0.15) is 5.06 Å². The zero-order valence-electron chi connectivity index (χ0n) is 11.4. The van der Waals surface area contributed by atoms with E-state index in [9.17, 15) is 15.1 Å². The number of hydroxylamine groups is 1. The Morgan fingerprint density at radius 3 is 2.18 bits per heavy atom. The molecule has 0 fully saturated rings. The van der Waals surface area contributed by atoms with Gasteiger partial charge in [-0.15, -0.1) is 0 Å². The van der Waals surface area contributed by atoms with Crippen LogP contribution in [0, 0.1) is 0 Å². The minimum Gasteiger partial charge on any atom is -0.506 e. The van der Waals surface area contributed by atoms with Crippen LogP contribution >= 0.6 is 11.6 Å². The maximum atomic E-state index is 12.3. The Kier molecular flexibility index (Phi) is 3.71. The monoisotopic (exact) mass is 313 g/mol. The number of carbonyl (C=O) groups is 1. The van der Waals surface area contributed by atoms with Crippen molar-refractivity contribution in [2.24, 2.45) is 0 Å². The average Bonchev–Trinajstić information content (AvgIpc) is 2.53. The zero-order valence-corrected chi connectivity index (χ0v) is 12.2. The largest absolute Gasteiger partial charge is 0.506 e. The van der Waals surface area contributed by atoms with Gasteiger partial charge in [0, 0.05) is 10.6 Å². The minimum atomic E-state index is -0.651. The predicted octanol–water partition coefficient (Wildman–Crippen LogP) is 4.23. The van der Waals surface area contributed by atoms with Crippen LogP contribution in [0.3, 0.4) is 0 Å². The summed E-state index contributed by atoms with van der Waals surface area (Å²) in [6.07, 6.45) is 0. The minimum absolute atomic E-state index is 0.0265. The molecule has 0 bridgehead atoms. The molecular formula is C17H12ClNO3. The lowest BCUT2D eigenvalue weighted by atomic mass is 10.1. The first-order valence-electron chi connectivity index (χ1n) is 6.57. The normalized spacial score (nSPS) is 10.6. The summed E-state index contributed by atoms with van der Waals surface area (Å²) in [5.41, 5.74) is 0.290. The van der Waals surface area contributed by atoms with E-state index in [0.29, 0.717) is 10.1 Å². The number of benzene rings is 3. The Labute approximate surface area is 131 Å². The Balaban J connectivity index is 2.00. The lowest BCUT2D eigenvalue weighted by molar-refractivity contribution is 0.0852. The summed E-state index contributed by atoms with van der Waals surface area (Å²) in [6.45, 7) is 0. The van der Waals surface area contributed by atoms with Gasteiger partial charge in [-0.05, 0) is 47.2 Å². The first kappa shape index (κ1) is 14.4. The van der Waals surface area contributed by atoms with Gasteiger partial charge in [0.2, 0.25) is 0 Å². The SMILES string of the molecule is O=C(c1ccc(Cl)cc1)N(O)c1cc2ccccc2cc1O. The molecule has 4 nitrogen and oxygen atoms in total. The second kappa shape index (κ2) is 5.67. The van der Waals surface area contributed by atoms with Crippen LogP contribution in [0.1, 0.15) is 10.4 Å². The summed E-state index contributed by atoms with van der Waals surface area (Å²) in [5.74, 6) is -0.828. The Hall–Kier alpha value is -2.56. The van der Waals surface area contributed by atoms with Crippen LogP contribution in [0.5, 0.6) is 5.75 Å². The molecule has 5 heteroatoms. The average molecular weight is 314 g/mol. The van der Waals surface area contributed by atoms with Crippen LogP contribution in [-0.2, 0) is 0 Å². The molecule has 0 saturated carbocycles. The molecule has 0 aliphatic heterocycles. The molecule has 0 aliphatic rings. The summed E-state index contributed by atoms with van der Waals surface area (Å²) >= 11 is 5.78. The molecule has 0 atom stereocenters. The summed E-state index contributed by atoms with van der Waals surface area (Å²) in [7, 11) is 0. The summed E-state index contributed by atoms with van der Waals surface area (Å²) < 4.78 is 0. The fourth-order valence-corrected chi connectivity index (χ4v) is 2.34. The number of phenols is 1. The van der Waals surface area contributed by atoms with Gasteiger partial charge in [-0.1, -0.05) is 35.9 Å². The molecule has 0 aliphatic carbocycles.